The number of fused-ring (bicyclic) bond motifs is 1. The number of ketones is 1. The molecule has 0 spiro atoms. The molecule has 1 aliphatic rings. The maximum Gasteiger partial charge on any atom is 0.338 e. The van der Waals surface area contributed by atoms with Crippen LogP contribution >= 0.6 is 0 Å². The molecule has 0 saturated carbocycles. The zero-order valence-electron chi connectivity index (χ0n) is 18.4. The summed E-state index contributed by atoms with van der Waals surface area (Å²) in [6.45, 7) is 5.40. The molecule has 0 atom stereocenters. The van der Waals surface area contributed by atoms with Gasteiger partial charge in [-0.25, -0.2) is 4.79 Å². The van der Waals surface area contributed by atoms with Crippen molar-refractivity contribution in [3.05, 3.63) is 41.5 Å². The number of benzene rings is 2. The van der Waals surface area contributed by atoms with E-state index in [-0.39, 0.29) is 29.4 Å². The fourth-order valence-electron chi connectivity index (χ4n) is 2.91. The van der Waals surface area contributed by atoms with Crippen LogP contribution in [0.2, 0.25) is 0 Å². The first-order valence-electron chi connectivity index (χ1n) is 10.0. The van der Waals surface area contributed by atoms with Crippen molar-refractivity contribution in [1.29, 1.82) is 0 Å². The van der Waals surface area contributed by atoms with Crippen molar-refractivity contribution in [1.82, 2.24) is 0 Å². The van der Waals surface area contributed by atoms with E-state index in [4.69, 9.17) is 23.7 Å². The molecule has 9 nitrogen and oxygen atoms in total. The Balaban J connectivity index is 1.63. The SMILES string of the molecule is COc1cc(C(=O)OCC(=O)Nc2cc3c(cc2C(C)=O)OCO3)ccc1OCC(C)C. The molecule has 2 aromatic carbocycles. The minimum Gasteiger partial charge on any atom is -0.493 e. The normalized spacial score (nSPS) is 11.8. The third-order valence-corrected chi connectivity index (χ3v) is 4.47. The van der Waals surface area contributed by atoms with Crippen LogP contribution in [0.3, 0.4) is 0 Å². The van der Waals surface area contributed by atoms with Crippen LogP contribution in [0, 0.1) is 5.92 Å². The second-order valence-corrected chi connectivity index (χ2v) is 7.50. The van der Waals surface area contributed by atoms with Gasteiger partial charge in [-0.15, -0.1) is 0 Å². The molecule has 0 saturated heterocycles. The van der Waals surface area contributed by atoms with Gasteiger partial charge in [-0.1, -0.05) is 13.8 Å². The van der Waals surface area contributed by atoms with E-state index >= 15 is 0 Å². The van der Waals surface area contributed by atoms with Crippen molar-refractivity contribution in [2.24, 2.45) is 5.92 Å². The summed E-state index contributed by atoms with van der Waals surface area (Å²) in [5, 5.41) is 2.57. The minimum absolute atomic E-state index is 0.0342. The third-order valence-electron chi connectivity index (χ3n) is 4.47. The van der Waals surface area contributed by atoms with Gasteiger partial charge in [-0.2, -0.15) is 0 Å². The average molecular weight is 443 g/mol. The van der Waals surface area contributed by atoms with Crippen LogP contribution < -0.4 is 24.3 Å². The van der Waals surface area contributed by atoms with Crippen LogP contribution in [-0.4, -0.2) is 44.8 Å². The first-order valence-corrected chi connectivity index (χ1v) is 10.0. The van der Waals surface area contributed by atoms with E-state index in [2.05, 4.69) is 5.32 Å². The number of Topliss-reactive ketones (excluding diaryl/α,β-unsaturated/α-hetero) is 1. The molecule has 1 aliphatic heterocycles. The molecular formula is C23H25NO8. The molecular weight excluding hydrogens is 418 g/mol. The quantitative estimate of drug-likeness (QED) is 0.464. The zero-order chi connectivity index (χ0) is 23.3. The van der Waals surface area contributed by atoms with Gasteiger partial charge in [0.1, 0.15) is 0 Å². The first-order chi connectivity index (χ1) is 15.3. The molecule has 0 unspecified atom stereocenters. The van der Waals surface area contributed by atoms with Crippen molar-refractivity contribution in [2.45, 2.75) is 20.8 Å². The smallest absolute Gasteiger partial charge is 0.338 e. The van der Waals surface area contributed by atoms with Crippen molar-refractivity contribution in [3.63, 3.8) is 0 Å². The lowest BCUT2D eigenvalue weighted by Gasteiger charge is -2.13. The highest BCUT2D eigenvalue weighted by atomic mass is 16.7. The Morgan fingerprint density at radius 2 is 1.78 bits per heavy atom. The molecule has 0 bridgehead atoms. The number of esters is 1. The second kappa shape index (κ2) is 10.0. The number of rotatable bonds is 9. The maximum atomic E-state index is 12.4. The standard InChI is InChI=1S/C23H25NO8/c1-13(2)10-29-18-6-5-15(7-19(18)28-4)23(27)30-11-22(26)24-17-9-21-20(31-12-32-21)8-16(17)14(3)25/h5-9,13H,10-12H2,1-4H3,(H,24,26). The number of carbonyl (C=O) groups is 3. The van der Waals surface area contributed by atoms with Gasteiger partial charge in [0.2, 0.25) is 6.79 Å². The molecule has 2 aromatic rings. The predicted octanol–water partition coefficient (Wildman–Crippen LogP) is 3.46. The molecule has 0 aromatic heterocycles. The Morgan fingerprint density at radius 3 is 2.44 bits per heavy atom. The number of hydrogen-bond donors (Lipinski definition) is 1. The highest BCUT2D eigenvalue weighted by molar-refractivity contribution is 6.05. The summed E-state index contributed by atoms with van der Waals surface area (Å²) in [6.07, 6.45) is 0. The molecule has 3 rings (SSSR count). The lowest BCUT2D eigenvalue weighted by Crippen LogP contribution is -2.22. The molecule has 170 valence electrons. The highest BCUT2D eigenvalue weighted by Crippen LogP contribution is 2.37. The molecule has 1 amide bonds. The van der Waals surface area contributed by atoms with Crippen LogP contribution in [0.5, 0.6) is 23.0 Å². The van der Waals surface area contributed by atoms with E-state index in [1.54, 1.807) is 6.07 Å². The van der Waals surface area contributed by atoms with E-state index in [0.717, 1.165) is 0 Å². The number of methoxy groups -OCH3 is 1. The Hall–Kier alpha value is -3.75. The van der Waals surface area contributed by atoms with E-state index in [0.29, 0.717) is 35.5 Å². The molecule has 0 radical (unpaired) electrons. The monoisotopic (exact) mass is 443 g/mol. The lowest BCUT2D eigenvalue weighted by molar-refractivity contribution is -0.119. The van der Waals surface area contributed by atoms with Crippen molar-refractivity contribution >= 4 is 23.3 Å². The topological polar surface area (TPSA) is 109 Å². The van der Waals surface area contributed by atoms with Gasteiger partial charge < -0.3 is 29.0 Å². The fourth-order valence-corrected chi connectivity index (χ4v) is 2.91. The molecule has 1 N–H and O–H groups in total. The lowest BCUT2D eigenvalue weighted by atomic mass is 10.1. The number of anilines is 1. The van der Waals surface area contributed by atoms with Crippen molar-refractivity contribution < 1.29 is 38.1 Å². The number of hydrogen-bond acceptors (Lipinski definition) is 8. The first kappa shape index (κ1) is 22.9. The van der Waals surface area contributed by atoms with Crippen LogP contribution in [0.15, 0.2) is 30.3 Å². The molecule has 0 aliphatic carbocycles. The van der Waals surface area contributed by atoms with Gasteiger partial charge in [-0.05, 0) is 37.1 Å². The average Bonchev–Trinajstić information content (AvgIpc) is 3.22. The number of amides is 1. The maximum absolute atomic E-state index is 12.4. The molecule has 1 heterocycles. The Bertz CT molecular complexity index is 1030. The third kappa shape index (κ3) is 5.48. The summed E-state index contributed by atoms with van der Waals surface area (Å²) in [5.41, 5.74) is 0.714. The minimum atomic E-state index is -0.702. The number of carbonyl (C=O) groups excluding carboxylic acids is 3. The van der Waals surface area contributed by atoms with Crippen molar-refractivity contribution in [2.75, 3.05) is 32.4 Å². The molecule has 0 fully saturated rings. The summed E-state index contributed by atoms with van der Waals surface area (Å²) >= 11 is 0. The molecule has 32 heavy (non-hydrogen) atoms. The summed E-state index contributed by atoms with van der Waals surface area (Å²) in [7, 11) is 1.47. The highest BCUT2D eigenvalue weighted by Gasteiger charge is 2.21. The van der Waals surface area contributed by atoms with Gasteiger partial charge in [0.05, 0.1) is 25.0 Å². The van der Waals surface area contributed by atoms with Gasteiger partial charge in [-0.3, -0.25) is 9.59 Å². The van der Waals surface area contributed by atoms with Crippen LogP contribution in [0.4, 0.5) is 5.69 Å². The number of nitrogens with one attached hydrogen (secondary N) is 1. The van der Waals surface area contributed by atoms with Gasteiger partial charge in [0, 0.05) is 11.6 Å². The van der Waals surface area contributed by atoms with Crippen molar-refractivity contribution in [3.8, 4) is 23.0 Å². The van der Waals surface area contributed by atoms with E-state index < -0.39 is 18.5 Å². The zero-order valence-corrected chi connectivity index (χ0v) is 18.4. The predicted molar refractivity (Wildman–Crippen MR) is 115 cm³/mol. The fraction of sp³-hybridized carbons (Fsp3) is 0.348. The summed E-state index contributed by atoms with van der Waals surface area (Å²) < 4.78 is 26.6. The Morgan fingerprint density at radius 1 is 1.06 bits per heavy atom. The van der Waals surface area contributed by atoms with Crippen LogP contribution in [0.25, 0.3) is 0 Å². The summed E-state index contributed by atoms with van der Waals surface area (Å²) in [4.78, 5) is 36.6. The Kier molecular flexibility index (Phi) is 7.19. The van der Waals surface area contributed by atoms with Gasteiger partial charge in [0.25, 0.3) is 5.91 Å². The van der Waals surface area contributed by atoms with Crippen LogP contribution in [-0.2, 0) is 9.53 Å². The largest absolute Gasteiger partial charge is 0.493 e. The van der Waals surface area contributed by atoms with E-state index in [9.17, 15) is 14.4 Å². The van der Waals surface area contributed by atoms with Gasteiger partial charge in [0.15, 0.2) is 35.4 Å². The Labute approximate surface area is 185 Å². The second-order valence-electron chi connectivity index (χ2n) is 7.50. The van der Waals surface area contributed by atoms with Gasteiger partial charge >= 0.3 is 5.97 Å². The summed E-state index contributed by atoms with van der Waals surface area (Å²) in [6, 6.07) is 7.64. The van der Waals surface area contributed by atoms with Crippen LogP contribution in [0.1, 0.15) is 41.5 Å². The molecule has 9 heteroatoms. The summed E-state index contributed by atoms with van der Waals surface area (Å²) in [5.74, 6) is 0.489. The number of ether oxygens (including phenoxy) is 5. The van der Waals surface area contributed by atoms with E-state index in [1.807, 2.05) is 13.8 Å². The van der Waals surface area contributed by atoms with E-state index in [1.165, 1.54) is 38.3 Å².